The molecule has 2 aliphatic rings. The molecule has 1 aromatic rings. The van der Waals surface area contributed by atoms with Crippen LogP contribution in [-0.2, 0) is 9.53 Å². The van der Waals surface area contributed by atoms with Crippen molar-refractivity contribution in [2.45, 2.75) is 25.7 Å². The normalized spacial score (nSPS) is 20.8. The van der Waals surface area contributed by atoms with Gasteiger partial charge in [0.25, 0.3) is 0 Å². The Kier molecular flexibility index (Phi) is 5.33. The van der Waals surface area contributed by atoms with E-state index >= 15 is 0 Å². The molecule has 0 spiro atoms. The number of benzene rings is 1. The van der Waals surface area contributed by atoms with Crippen molar-refractivity contribution in [3.8, 4) is 0 Å². The van der Waals surface area contributed by atoms with Crippen molar-refractivity contribution in [1.82, 2.24) is 5.32 Å². The molecule has 2 heterocycles. The molecular weight excluding hydrogens is 276 g/mol. The van der Waals surface area contributed by atoms with E-state index in [-0.39, 0.29) is 11.8 Å². The second-order valence-corrected chi connectivity index (χ2v) is 6.40. The highest BCUT2D eigenvalue weighted by molar-refractivity contribution is 5.79. The van der Waals surface area contributed by atoms with E-state index in [2.05, 4.69) is 34.5 Å². The van der Waals surface area contributed by atoms with E-state index in [1.165, 1.54) is 5.69 Å². The van der Waals surface area contributed by atoms with E-state index in [1.54, 1.807) is 0 Å². The van der Waals surface area contributed by atoms with Gasteiger partial charge in [0.2, 0.25) is 5.91 Å². The van der Waals surface area contributed by atoms with Crippen LogP contribution in [0.1, 0.15) is 25.7 Å². The fourth-order valence-corrected chi connectivity index (χ4v) is 3.38. The quantitative estimate of drug-likeness (QED) is 0.929. The van der Waals surface area contributed by atoms with Crippen molar-refractivity contribution < 1.29 is 9.53 Å². The molecule has 3 rings (SSSR count). The van der Waals surface area contributed by atoms with Gasteiger partial charge in [-0.15, -0.1) is 0 Å². The van der Waals surface area contributed by atoms with Gasteiger partial charge in [-0.25, -0.2) is 0 Å². The van der Waals surface area contributed by atoms with E-state index in [9.17, 15) is 4.79 Å². The Morgan fingerprint density at radius 3 is 2.45 bits per heavy atom. The SMILES string of the molecule is O=C(NCC1CCOCC1)C1CCN(c2ccccc2)CC1. The maximum absolute atomic E-state index is 12.3. The lowest BCUT2D eigenvalue weighted by molar-refractivity contribution is -0.125. The van der Waals surface area contributed by atoms with E-state index in [0.717, 1.165) is 58.5 Å². The van der Waals surface area contributed by atoms with Crippen LogP contribution in [0, 0.1) is 11.8 Å². The van der Waals surface area contributed by atoms with Crippen LogP contribution in [0.5, 0.6) is 0 Å². The van der Waals surface area contributed by atoms with Gasteiger partial charge in [-0.2, -0.15) is 0 Å². The van der Waals surface area contributed by atoms with Crippen LogP contribution in [0.15, 0.2) is 30.3 Å². The van der Waals surface area contributed by atoms with Gasteiger partial charge < -0.3 is 15.0 Å². The largest absolute Gasteiger partial charge is 0.381 e. The molecule has 4 heteroatoms. The standard InChI is InChI=1S/C18H26N2O2/c21-18(19-14-15-8-12-22-13-9-15)16-6-10-20(11-7-16)17-4-2-1-3-5-17/h1-5,15-16H,6-14H2,(H,19,21). The molecule has 4 nitrogen and oxygen atoms in total. The Balaban J connectivity index is 1.41. The molecule has 2 fully saturated rings. The van der Waals surface area contributed by atoms with E-state index in [0.29, 0.717) is 5.92 Å². The molecule has 1 aromatic carbocycles. The predicted octanol–water partition coefficient (Wildman–Crippen LogP) is 2.45. The number of carbonyl (C=O) groups is 1. The minimum atomic E-state index is 0.180. The number of piperidine rings is 1. The fourth-order valence-electron chi connectivity index (χ4n) is 3.38. The maximum Gasteiger partial charge on any atom is 0.223 e. The number of para-hydroxylation sites is 1. The van der Waals surface area contributed by atoms with Crippen molar-refractivity contribution in [2.24, 2.45) is 11.8 Å². The van der Waals surface area contributed by atoms with Gasteiger partial charge in [-0.3, -0.25) is 4.79 Å². The molecule has 0 aliphatic carbocycles. The van der Waals surface area contributed by atoms with Crippen LogP contribution in [-0.4, -0.2) is 38.8 Å². The van der Waals surface area contributed by atoms with Crippen LogP contribution in [0.3, 0.4) is 0 Å². The van der Waals surface area contributed by atoms with Crippen LogP contribution in [0.2, 0.25) is 0 Å². The summed E-state index contributed by atoms with van der Waals surface area (Å²) in [4.78, 5) is 14.7. The molecule has 22 heavy (non-hydrogen) atoms. The summed E-state index contributed by atoms with van der Waals surface area (Å²) in [6.07, 6.45) is 4.06. The monoisotopic (exact) mass is 302 g/mol. The van der Waals surface area contributed by atoms with Gasteiger partial charge in [0, 0.05) is 44.5 Å². The van der Waals surface area contributed by atoms with E-state index < -0.39 is 0 Å². The number of hydrogen-bond acceptors (Lipinski definition) is 3. The number of amides is 1. The topological polar surface area (TPSA) is 41.6 Å². The second kappa shape index (κ2) is 7.63. The summed E-state index contributed by atoms with van der Waals surface area (Å²) in [6, 6.07) is 10.5. The van der Waals surface area contributed by atoms with E-state index in [4.69, 9.17) is 4.74 Å². The molecule has 0 atom stereocenters. The molecule has 2 aliphatic heterocycles. The lowest BCUT2D eigenvalue weighted by Crippen LogP contribution is -2.42. The summed E-state index contributed by atoms with van der Waals surface area (Å²) in [5, 5.41) is 3.16. The summed E-state index contributed by atoms with van der Waals surface area (Å²) in [6.45, 7) is 4.45. The molecule has 1 N–H and O–H groups in total. The molecule has 0 radical (unpaired) electrons. The highest BCUT2D eigenvalue weighted by Gasteiger charge is 2.25. The van der Waals surface area contributed by atoms with Gasteiger partial charge in [0.05, 0.1) is 0 Å². The molecule has 0 bridgehead atoms. The first-order chi connectivity index (χ1) is 10.8. The average Bonchev–Trinajstić information content (AvgIpc) is 2.61. The third-order valence-electron chi connectivity index (χ3n) is 4.89. The molecule has 120 valence electrons. The molecule has 1 amide bonds. The minimum Gasteiger partial charge on any atom is -0.381 e. The first kappa shape index (κ1) is 15.3. The second-order valence-electron chi connectivity index (χ2n) is 6.40. The molecule has 0 saturated carbocycles. The van der Waals surface area contributed by atoms with Gasteiger partial charge >= 0.3 is 0 Å². The van der Waals surface area contributed by atoms with E-state index in [1.807, 2.05) is 6.07 Å². The average molecular weight is 302 g/mol. The Hall–Kier alpha value is -1.55. The Morgan fingerprint density at radius 1 is 1.09 bits per heavy atom. The third-order valence-corrected chi connectivity index (χ3v) is 4.89. The van der Waals surface area contributed by atoms with Crippen LogP contribution < -0.4 is 10.2 Å². The van der Waals surface area contributed by atoms with Crippen molar-refractivity contribution in [3.05, 3.63) is 30.3 Å². The first-order valence-electron chi connectivity index (χ1n) is 8.48. The lowest BCUT2D eigenvalue weighted by atomic mass is 9.94. The highest BCUT2D eigenvalue weighted by atomic mass is 16.5. The number of carbonyl (C=O) groups excluding carboxylic acids is 1. The maximum atomic E-state index is 12.3. The lowest BCUT2D eigenvalue weighted by Gasteiger charge is -2.33. The smallest absolute Gasteiger partial charge is 0.223 e. The van der Waals surface area contributed by atoms with Crippen molar-refractivity contribution >= 4 is 11.6 Å². The predicted molar refractivity (Wildman–Crippen MR) is 87.9 cm³/mol. The molecular formula is C18H26N2O2. The summed E-state index contributed by atoms with van der Waals surface area (Å²) < 4.78 is 5.36. The zero-order valence-corrected chi connectivity index (χ0v) is 13.2. The number of ether oxygens (including phenoxy) is 1. The highest BCUT2D eigenvalue weighted by Crippen LogP contribution is 2.23. The van der Waals surface area contributed by atoms with Crippen LogP contribution in [0.4, 0.5) is 5.69 Å². The third kappa shape index (κ3) is 4.01. The van der Waals surface area contributed by atoms with Crippen molar-refractivity contribution in [1.29, 1.82) is 0 Å². The number of nitrogens with one attached hydrogen (secondary N) is 1. The Morgan fingerprint density at radius 2 is 1.77 bits per heavy atom. The zero-order valence-electron chi connectivity index (χ0n) is 13.2. The summed E-state index contributed by atoms with van der Waals surface area (Å²) in [7, 11) is 0. The Labute approximate surface area is 132 Å². The number of rotatable bonds is 4. The molecule has 2 saturated heterocycles. The fraction of sp³-hybridized carbons (Fsp3) is 0.611. The number of hydrogen-bond donors (Lipinski definition) is 1. The van der Waals surface area contributed by atoms with Gasteiger partial charge in [-0.1, -0.05) is 18.2 Å². The van der Waals surface area contributed by atoms with Crippen molar-refractivity contribution in [2.75, 3.05) is 37.7 Å². The number of nitrogens with zero attached hydrogens (tertiary/aromatic N) is 1. The first-order valence-corrected chi connectivity index (χ1v) is 8.48. The zero-order chi connectivity index (χ0) is 15.2. The van der Waals surface area contributed by atoms with Crippen LogP contribution in [0.25, 0.3) is 0 Å². The summed E-state index contributed by atoms with van der Waals surface area (Å²) in [5.41, 5.74) is 1.27. The molecule has 0 unspecified atom stereocenters. The Bertz CT molecular complexity index is 463. The minimum absolute atomic E-state index is 0.180. The number of anilines is 1. The van der Waals surface area contributed by atoms with Gasteiger partial charge in [-0.05, 0) is 43.7 Å². The molecule has 0 aromatic heterocycles. The van der Waals surface area contributed by atoms with Gasteiger partial charge in [0.1, 0.15) is 0 Å². The van der Waals surface area contributed by atoms with Gasteiger partial charge in [0.15, 0.2) is 0 Å². The van der Waals surface area contributed by atoms with Crippen molar-refractivity contribution in [3.63, 3.8) is 0 Å². The van der Waals surface area contributed by atoms with Crippen LogP contribution >= 0.6 is 0 Å². The summed E-state index contributed by atoms with van der Waals surface area (Å²) >= 11 is 0. The summed E-state index contributed by atoms with van der Waals surface area (Å²) in [5.74, 6) is 1.03.